The monoisotopic (exact) mass is 478 g/mol. The Labute approximate surface area is 206 Å². The normalized spacial score (nSPS) is 20.2. The average molecular weight is 479 g/mol. The number of amides is 2. The third-order valence-electron chi connectivity index (χ3n) is 7.47. The number of fused-ring (bicyclic) bond motifs is 3. The van der Waals surface area contributed by atoms with Gasteiger partial charge in [0.25, 0.3) is 0 Å². The van der Waals surface area contributed by atoms with Crippen molar-refractivity contribution in [1.29, 1.82) is 0 Å². The van der Waals surface area contributed by atoms with E-state index in [0.717, 1.165) is 22.3 Å². The van der Waals surface area contributed by atoms with Crippen LogP contribution < -0.4 is 5.32 Å². The molecule has 2 aromatic rings. The molecule has 2 unspecified atom stereocenters. The second-order valence-corrected chi connectivity index (χ2v) is 9.94. The largest absolute Gasteiger partial charge is 0.481 e. The summed E-state index contributed by atoms with van der Waals surface area (Å²) in [7, 11) is 0. The molecule has 0 bridgehead atoms. The highest BCUT2D eigenvalue weighted by Gasteiger charge is 2.36. The van der Waals surface area contributed by atoms with Gasteiger partial charge in [0.05, 0.1) is 5.92 Å². The van der Waals surface area contributed by atoms with Crippen molar-refractivity contribution in [2.75, 3.05) is 13.2 Å². The summed E-state index contributed by atoms with van der Waals surface area (Å²) in [6.45, 7) is 6.43. The van der Waals surface area contributed by atoms with E-state index in [2.05, 4.69) is 29.6 Å². The number of ether oxygens (including phenoxy) is 1. The highest BCUT2D eigenvalue weighted by Crippen LogP contribution is 2.44. The van der Waals surface area contributed by atoms with Gasteiger partial charge in [0.1, 0.15) is 6.61 Å². The number of alkyl carbamates (subject to hydrolysis) is 1. The van der Waals surface area contributed by atoms with Crippen molar-refractivity contribution < 1.29 is 24.2 Å². The minimum Gasteiger partial charge on any atom is -0.481 e. The summed E-state index contributed by atoms with van der Waals surface area (Å²) in [6.07, 6.45) is 0.803. The highest BCUT2D eigenvalue weighted by atomic mass is 16.5. The SMILES string of the molecule is CC(C)[C@@H](CC(=O)N1CCCC(C(=O)O)C1C)NC(=O)OCC1c2ccccc2-c2ccccc21. The lowest BCUT2D eigenvalue weighted by Crippen LogP contribution is -2.51. The molecule has 1 aliphatic carbocycles. The summed E-state index contributed by atoms with van der Waals surface area (Å²) in [6, 6.07) is 15.6. The van der Waals surface area contributed by atoms with E-state index in [1.54, 1.807) is 11.8 Å². The summed E-state index contributed by atoms with van der Waals surface area (Å²) < 4.78 is 5.66. The van der Waals surface area contributed by atoms with Gasteiger partial charge in [0, 0.05) is 31.0 Å². The number of nitrogens with one attached hydrogen (secondary N) is 1. The van der Waals surface area contributed by atoms with Crippen LogP contribution in [0.5, 0.6) is 0 Å². The van der Waals surface area contributed by atoms with Crippen molar-refractivity contribution >= 4 is 18.0 Å². The van der Waals surface area contributed by atoms with Crippen LogP contribution >= 0.6 is 0 Å². The fourth-order valence-electron chi connectivity index (χ4n) is 5.38. The van der Waals surface area contributed by atoms with Crippen LogP contribution in [0.1, 0.15) is 57.1 Å². The van der Waals surface area contributed by atoms with Crippen LogP contribution in [0.2, 0.25) is 0 Å². The zero-order chi connectivity index (χ0) is 25.1. The number of carboxylic acids is 1. The summed E-state index contributed by atoms with van der Waals surface area (Å²) in [4.78, 5) is 39.0. The number of likely N-dealkylation sites (tertiary alicyclic amines) is 1. The van der Waals surface area contributed by atoms with E-state index in [1.807, 2.05) is 38.1 Å². The lowest BCUT2D eigenvalue weighted by molar-refractivity contribution is -0.149. The van der Waals surface area contributed by atoms with Crippen molar-refractivity contribution in [2.24, 2.45) is 11.8 Å². The van der Waals surface area contributed by atoms with E-state index in [-0.39, 0.29) is 36.8 Å². The number of carbonyl (C=O) groups excluding carboxylic acids is 2. The van der Waals surface area contributed by atoms with Crippen molar-refractivity contribution in [3.8, 4) is 11.1 Å². The summed E-state index contributed by atoms with van der Waals surface area (Å²) in [5.74, 6) is -1.59. The fourth-order valence-corrected chi connectivity index (χ4v) is 5.38. The van der Waals surface area contributed by atoms with E-state index in [9.17, 15) is 19.5 Å². The van der Waals surface area contributed by atoms with Gasteiger partial charge in [-0.25, -0.2) is 4.79 Å². The van der Waals surface area contributed by atoms with Gasteiger partial charge in [-0.05, 0) is 47.9 Å². The van der Waals surface area contributed by atoms with E-state index < -0.39 is 24.0 Å². The molecule has 7 heteroatoms. The van der Waals surface area contributed by atoms with Crippen molar-refractivity contribution in [3.63, 3.8) is 0 Å². The third kappa shape index (κ3) is 5.19. The van der Waals surface area contributed by atoms with Gasteiger partial charge in [0.2, 0.25) is 5.91 Å². The molecule has 4 rings (SSSR count). The van der Waals surface area contributed by atoms with E-state index in [0.29, 0.717) is 19.4 Å². The number of nitrogens with zero attached hydrogens (tertiary/aromatic N) is 1. The second kappa shape index (κ2) is 10.5. The summed E-state index contributed by atoms with van der Waals surface area (Å²) in [5.41, 5.74) is 4.62. The molecular weight excluding hydrogens is 444 g/mol. The number of piperidine rings is 1. The molecule has 0 saturated carbocycles. The van der Waals surface area contributed by atoms with Crippen LogP contribution in [0.4, 0.5) is 4.79 Å². The molecule has 3 atom stereocenters. The third-order valence-corrected chi connectivity index (χ3v) is 7.47. The average Bonchev–Trinajstić information content (AvgIpc) is 3.16. The number of carboxylic acid groups (broad SMARTS) is 1. The molecule has 1 saturated heterocycles. The van der Waals surface area contributed by atoms with Gasteiger partial charge in [0.15, 0.2) is 0 Å². The summed E-state index contributed by atoms with van der Waals surface area (Å²) >= 11 is 0. The molecule has 186 valence electrons. The van der Waals surface area contributed by atoms with Gasteiger partial charge in [-0.2, -0.15) is 0 Å². The Kier molecular flexibility index (Phi) is 7.43. The Morgan fingerprint density at radius 2 is 1.66 bits per heavy atom. The minimum absolute atomic E-state index is 0.00907. The fraction of sp³-hybridized carbons (Fsp3) is 0.464. The number of benzene rings is 2. The maximum Gasteiger partial charge on any atom is 0.407 e. The zero-order valence-corrected chi connectivity index (χ0v) is 20.6. The molecule has 2 aromatic carbocycles. The molecule has 2 N–H and O–H groups in total. The molecule has 1 fully saturated rings. The van der Waals surface area contributed by atoms with Gasteiger partial charge in [-0.3, -0.25) is 9.59 Å². The van der Waals surface area contributed by atoms with Gasteiger partial charge >= 0.3 is 12.1 Å². The molecule has 1 heterocycles. The van der Waals surface area contributed by atoms with Crippen LogP contribution in [0.25, 0.3) is 11.1 Å². The Bertz CT molecular complexity index is 1050. The number of hydrogen-bond acceptors (Lipinski definition) is 4. The number of aliphatic carboxylic acids is 1. The zero-order valence-electron chi connectivity index (χ0n) is 20.6. The molecule has 35 heavy (non-hydrogen) atoms. The van der Waals surface area contributed by atoms with Crippen LogP contribution in [-0.2, 0) is 14.3 Å². The summed E-state index contributed by atoms with van der Waals surface area (Å²) in [5, 5.41) is 12.3. The second-order valence-electron chi connectivity index (χ2n) is 9.94. The number of carbonyl (C=O) groups is 3. The molecule has 2 amide bonds. The molecular formula is C28H34N2O5. The molecule has 1 aliphatic heterocycles. The lowest BCUT2D eigenvalue weighted by Gasteiger charge is -2.38. The van der Waals surface area contributed by atoms with Crippen molar-refractivity contribution in [2.45, 2.75) is 58.0 Å². The smallest absolute Gasteiger partial charge is 0.407 e. The van der Waals surface area contributed by atoms with Crippen LogP contribution in [0.3, 0.4) is 0 Å². The van der Waals surface area contributed by atoms with Crippen molar-refractivity contribution in [3.05, 3.63) is 59.7 Å². The van der Waals surface area contributed by atoms with E-state index >= 15 is 0 Å². The quantitative estimate of drug-likeness (QED) is 0.604. The molecule has 0 aromatic heterocycles. The predicted octanol–water partition coefficient (Wildman–Crippen LogP) is 4.65. The predicted molar refractivity (Wildman–Crippen MR) is 133 cm³/mol. The van der Waals surface area contributed by atoms with Crippen LogP contribution in [0.15, 0.2) is 48.5 Å². The highest BCUT2D eigenvalue weighted by molar-refractivity contribution is 5.81. The Hall–Kier alpha value is -3.35. The first-order valence-corrected chi connectivity index (χ1v) is 12.4. The molecule has 0 spiro atoms. The standard InChI is InChI=1S/C28H34N2O5/c1-17(2)25(15-26(31)30-14-8-13-19(18(30)3)27(32)33)29-28(34)35-16-24-22-11-6-4-9-20(22)21-10-5-7-12-23(21)24/h4-7,9-12,17-19,24-25H,8,13-16H2,1-3H3,(H,29,34)(H,32,33)/t18?,19?,25-/m1/s1. The van der Waals surface area contributed by atoms with Crippen molar-refractivity contribution in [1.82, 2.24) is 10.2 Å². The van der Waals surface area contributed by atoms with Crippen LogP contribution in [-0.4, -0.2) is 53.2 Å². The van der Waals surface area contributed by atoms with Gasteiger partial charge in [-0.15, -0.1) is 0 Å². The molecule has 0 radical (unpaired) electrons. The Morgan fingerprint density at radius 1 is 1.06 bits per heavy atom. The van der Waals surface area contributed by atoms with E-state index in [4.69, 9.17) is 4.74 Å². The first kappa shape index (κ1) is 24.8. The number of hydrogen-bond donors (Lipinski definition) is 2. The maximum absolute atomic E-state index is 13.1. The maximum atomic E-state index is 13.1. The first-order chi connectivity index (χ1) is 16.8. The van der Waals surface area contributed by atoms with E-state index in [1.165, 1.54) is 0 Å². The topological polar surface area (TPSA) is 95.9 Å². The van der Waals surface area contributed by atoms with Crippen LogP contribution in [0, 0.1) is 11.8 Å². The minimum atomic E-state index is -0.868. The van der Waals surface area contributed by atoms with Gasteiger partial charge in [-0.1, -0.05) is 62.4 Å². The molecule has 7 nitrogen and oxygen atoms in total. The van der Waals surface area contributed by atoms with Gasteiger partial charge < -0.3 is 20.1 Å². The Morgan fingerprint density at radius 3 is 2.23 bits per heavy atom. The Balaban J connectivity index is 1.38. The number of rotatable bonds is 7. The first-order valence-electron chi connectivity index (χ1n) is 12.4. The molecule has 2 aliphatic rings. The lowest BCUT2D eigenvalue weighted by atomic mass is 9.89.